The zero-order chi connectivity index (χ0) is 14.7. The summed E-state index contributed by atoms with van der Waals surface area (Å²) in [7, 11) is 0. The second-order valence-electron chi connectivity index (χ2n) is 4.25. The van der Waals surface area contributed by atoms with Crippen LogP contribution in [0.25, 0.3) is 0 Å². The Bertz CT molecular complexity index is 666. The van der Waals surface area contributed by atoms with Crippen LogP contribution in [-0.4, -0.2) is 10.8 Å². The molecule has 0 aromatic heterocycles. The summed E-state index contributed by atoms with van der Waals surface area (Å²) in [6, 6.07) is 11.1. The Morgan fingerprint density at radius 2 is 1.90 bits per heavy atom. The quantitative estimate of drug-likeness (QED) is 0.386. The van der Waals surface area contributed by atoms with Crippen molar-refractivity contribution in [3.63, 3.8) is 0 Å². The average molecular weight is 271 g/mol. The van der Waals surface area contributed by atoms with E-state index in [-0.39, 0.29) is 11.5 Å². The van der Waals surface area contributed by atoms with Crippen LogP contribution in [-0.2, 0) is 0 Å². The third kappa shape index (κ3) is 2.92. The first-order chi connectivity index (χ1) is 9.47. The van der Waals surface area contributed by atoms with Crippen LogP contribution in [0.15, 0.2) is 42.5 Å². The zero-order valence-corrected chi connectivity index (χ0v) is 10.8. The van der Waals surface area contributed by atoms with E-state index in [1.807, 2.05) is 6.92 Å². The fraction of sp³-hybridized carbons (Fsp3) is 0.0714. The van der Waals surface area contributed by atoms with Gasteiger partial charge < -0.3 is 10.5 Å². The molecular formula is C14H13N3O3. The van der Waals surface area contributed by atoms with Crippen molar-refractivity contribution in [3.8, 4) is 11.5 Å². The van der Waals surface area contributed by atoms with E-state index in [1.54, 1.807) is 30.3 Å². The van der Waals surface area contributed by atoms with Crippen LogP contribution < -0.4 is 10.5 Å². The molecule has 0 fully saturated rings. The van der Waals surface area contributed by atoms with Crippen LogP contribution >= 0.6 is 0 Å². The summed E-state index contributed by atoms with van der Waals surface area (Å²) in [6.45, 7) is 1.81. The number of nitro benzene ring substituents is 1. The molecule has 0 unspecified atom stereocenters. The van der Waals surface area contributed by atoms with Gasteiger partial charge in [0.1, 0.15) is 17.3 Å². The number of nitrogens with zero attached hydrogens (tertiary/aromatic N) is 1. The molecule has 102 valence electrons. The lowest BCUT2D eigenvalue weighted by Crippen LogP contribution is -2.10. The molecule has 0 amide bonds. The number of aryl methyl sites for hydroxylation is 1. The van der Waals surface area contributed by atoms with Crippen molar-refractivity contribution in [1.29, 1.82) is 5.41 Å². The largest absolute Gasteiger partial charge is 0.457 e. The SMILES string of the molecule is Cc1ccc([N+](=O)[O-])cc1Oc1ccc(C(=N)N)cc1. The van der Waals surface area contributed by atoms with E-state index in [0.717, 1.165) is 5.56 Å². The molecule has 0 aliphatic heterocycles. The van der Waals surface area contributed by atoms with E-state index >= 15 is 0 Å². The Morgan fingerprint density at radius 1 is 1.25 bits per heavy atom. The molecule has 2 aromatic carbocycles. The van der Waals surface area contributed by atoms with Gasteiger partial charge in [0, 0.05) is 11.6 Å². The van der Waals surface area contributed by atoms with E-state index < -0.39 is 4.92 Å². The van der Waals surface area contributed by atoms with Gasteiger partial charge in [0.05, 0.1) is 11.0 Å². The van der Waals surface area contributed by atoms with Gasteiger partial charge in [-0.1, -0.05) is 0 Å². The van der Waals surface area contributed by atoms with E-state index in [9.17, 15) is 10.1 Å². The van der Waals surface area contributed by atoms with Gasteiger partial charge in [-0.2, -0.15) is 0 Å². The lowest BCUT2D eigenvalue weighted by molar-refractivity contribution is -0.384. The number of ether oxygens (including phenoxy) is 1. The summed E-state index contributed by atoms with van der Waals surface area (Å²) < 4.78 is 5.62. The van der Waals surface area contributed by atoms with Gasteiger partial charge in [-0.15, -0.1) is 0 Å². The van der Waals surface area contributed by atoms with Crippen molar-refractivity contribution in [2.75, 3.05) is 0 Å². The standard InChI is InChI=1S/C14H13N3O3/c1-9-2-5-11(17(18)19)8-13(9)20-12-6-3-10(4-7-12)14(15)16/h2-8H,1H3,(H3,15,16). The average Bonchev–Trinajstić information content (AvgIpc) is 2.41. The van der Waals surface area contributed by atoms with Crippen LogP contribution in [0.3, 0.4) is 0 Å². The monoisotopic (exact) mass is 271 g/mol. The van der Waals surface area contributed by atoms with Crippen molar-refractivity contribution < 1.29 is 9.66 Å². The number of nitrogens with one attached hydrogen (secondary N) is 1. The smallest absolute Gasteiger partial charge is 0.273 e. The lowest BCUT2D eigenvalue weighted by atomic mass is 10.2. The number of hydrogen-bond donors (Lipinski definition) is 2. The minimum atomic E-state index is -0.467. The Labute approximate surface area is 115 Å². The molecule has 2 rings (SSSR count). The summed E-state index contributed by atoms with van der Waals surface area (Å²) in [5.41, 5.74) is 6.73. The molecule has 2 aromatic rings. The first-order valence-electron chi connectivity index (χ1n) is 5.85. The molecule has 0 saturated heterocycles. The fourth-order valence-electron chi connectivity index (χ4n) is 1.64. The molecular weight excluding hydrogens is 258 g/mol. The van der Waals surface area contributed by atoms with Crippen LogP contribution in [0, 0.1) is 22.4 Å². The highest BCUT2D eigenvalue weighted by Crippen LogP contribution is 2.28. The number of nitrogens with two attached hydrogens (primary N) is 1. The van der Waals surface area contributed by atoms with E-state index in [2.05, 4.69) is 0 Å². The topological polar surface area (TPSA) is 102 Å². The van der Waals surface area contributed by atoms with E-state index in [1.165, 1.54) is 12.1 Å². The lowest BCUT2D eigenvalue weighted by Gasteiger charge is -2.09. The van der Waals surface area contributed by atoms with Crippen molar-refractivity contribution in [1.82, 2.24) is 0 Å². The van der Waals surface area contributed by atoms with E-state index in [0.29, 0.717) is 17.1 Å². The fourth-order valence-corrected chi connectivity index (χ4v) is 1.64. The number of benzene rings is 2. The molecule has 6 heteroatoms. The van der Waals surface area contributed by atoms with Gasteiger partial charge in [-0.05, 0) is 42.8 Å². The predicted octanol–water partition coefficient (Wildman–Crippen LogP) is 2.98. The number of non-ortho nitro benzene ring substituents is 1. The van der Waals surface area contributed by atoms with Crippen molar-refractivity contribution in [3.05, 3.63) is 63.7 Å². The second-order valence-corrected chi connectivity index (χ2v) is 4.25. The van der Waals surface area contributed by atoms with Gasteiger partial charge in [-0.25, -0.2) is 0 Å². The van der Waals surface area contributed by atoms with Gasteiger partial charge in [0.15, 0.2) is 0 Å². The molecule has 0 aliphatic rings. The second kappa shape index (κ2) is 5.40. The molecule has 0 bridgehead atoms. The van der Waals surface area contributed by atoms with E-state index in [4.69, 9.17) is 15.9 Å². The van der Waals surface area contributed by atoms with Crippen LogP contribution in [0.4, 0.5) is 5.69 Å². The third-order valence-corrected chi connectivity index (χ3v) is 2.78. The van der Waals surface area contributed by atoms with Gasteiger partial charge >= 0.3 is 0 Å². The number of nitrogen functional groups attached to an aromatic ring is 1. The van der Waals surface area contributed by atoms with Gasteiger partial charge in [0.25, 0.3) is 5.69 Å². The molecule has 0 atom stereocenters. The summed E-state index contributed by atoms with van der Waals surface area (Å²) in [4.78, 5) is 10.3. The Balaban J connectivity index is 2.27. The maximum absolute atomic E-state index is 10.7. The van der Waals surface area contributed by atoms with Crippen LogP contribution in [0.5, 0.6) is 11.5 Å². The number of hydrogen-bond acceptors (Lipinski definition) is 4. The minimum absolute atomic E-state index is 0.0223. The normalized spacial score (nSPS) is 10.1. The highest BCUT2D eigenvalue weighted by atomic mass is 16.6. The summed E-state index contributed by atoms with van der Waals surface area (Å²) in [5.74, 6) is 0.927. The number of rotatable bonds is 4. The molecule has 0 saturated carbocycles. The Morgan fingerprint density at radius 3 is 2.45 bits per heavy atom. The number of amidine groups is 1. The van der Waals surface area contributed by atoms with Crippen LogP contribution in [0.1, 0.15) is 11.1 Å². The number of nitro groups is 1. The molecule has 20 heavy (non-hydrogen) atoms. The van der Waals surface area contributed by atoms with Crippen molar-refractivity contribution in [2.45, 2.75) is 6.92 Å². The summed E-state index contributed by atoms with van der Waals surface area (Å²) in [6.07, 6.45) is 0. The maximum Gasteiger partial charge on any atom is 0.273 e. The summed E-state index contributed by atoms with van der Waals surface area (Å²) in [5, 5.41) is 18.0. The van der Waals surface area contributed by atoms with Gasteiger partial charge in [0.2, 0.25) is 0 Å². The Hall–Kier alpha value is -2.89. The molecule has 0 heterocycles. The van der Waals surface area contributed by atoms with Crippen molar-refractivity contribution in [2.24, 2.45) is 5.73 Å². The minimum Gasteiger partial charge on any atom is -0.457 e. The third-order valence-electron chi connectivity index (χ3n) is 2.78. The Kier molecular flexibility index (Phi) is 3.65. The highest BCUT2D eigenvalue weighted by molar-refractivity contribution is 5.94. The molecule has 0 aliphatic carbocycles. The zero-order valence-electron chi connectivity index (χ0n) is 10.8. The molecule has 6 nitrogen and oxygen atoms in total. The first-order valence-corrected chi connectivity index (χ1v) is 5.85. The van der Waals surface area contributed by atoms with Crippen molar-refractivity contribution >= 4 is 11.5 Å². The van der Waals surface area contributed by atoms with Crippen LogP contribution in [0.2, 0.25) is 0 Å². The predicted molar refractivity (Wildman–Crippen MR) is 75.4 cm³/mol. The molecule has 0 radical (unpaired) electrons. The van der Waals surface area contributed by atoms with Gasteiger partial charge in [-0.3, -0.25) is 15.5 Å². The maximum atomic E-state index is 10.7. The molecule has 0 spiro atoms. The summed E-state index contributed by atoms with van der Waals surface area (Å²) >= 11 is 0. The molecule has 3 N–H and O–H groups in total. The highest BCUT2D eigenvalue weighted by Gasteiger charge is 2.10. The first kappa shape index (κ1) is 13.5.